The standard InChI is InChI=1S/C24H27N3O2/c1-16-7-8-23-18(11-16)13-26(12-17(2)29-23)15-24(28)27-10-9-20-19-5-3-4-6-21(19)25-22(20)14-27/h3-8,11,17,25H,9-10,12-15H2,1-2H3. The molecule has 1 amide bonds. The molecule has 1 atom stereocenters. The summed E-state index contributed by atoms with van der Waals surface area (Å²) in [6, 6.07) is 14.7. The molecule has 0 fully saturated rings. The van der Waals surface area contributed by atoms with Crippen LogP contribution in [-0.2, 0) is 24.3 Å². The Hall–Kier alpha value is -2.79. The van der Waals surface area contributed by atoms with Gasteiger partial charge in [0.25, 0.3) is 0 Å². The van der Waals surface area contributed by atoms with Crippen molar-refractivity contribution in [3.05, 3.63) is 64.8 Å². The lowest BCUT2D eigenvalue weighted by atomic mass is 10.0. The molecule has 0 radical (unpaired) electrons. The second kappa shape index (κ2) is 7.23. The van der Waals surface area contributed by atoms with Crippen molar-refractivity contribution in [1.29, 1.82) is 0 Å². The molecule has 0 spiro atoms. The van der Waals surface area contributed by atoms with E-state index in [1.165, 1.54) is 27.8 Å². The molecule has 29 heavy (non-hydrogen) atoms. The first-order valence-electron chi connectivity index (χ1n) is 10.4. The van der Waals surface area contributed by atoms with Crippen LogP contribution in [0.3, 0.4) is 0 Å². The van der Waals surface area contributed by atoms with Gasteiger partial charge in [-0.1, -0.05) is 35.9 Å². The van der Waals surface area contributed by atoms with Gasteiger partial charge in [-0.3, -0.25) is 9.69 Å². The first kappa shape index (κ1) is 18.3. The molecule has 5 nitrogen and oxygen atoms in total. The number of benzene rings is 2. The molecule has 150 valence electrons. The van der Waals surface area contributed by atoms with Crippen LogP contribution in [0.2, 0.25) is 0 Å². The Kier molecular flexibility index (Phi) is 4.55. The van der Waals surface area contributed by atoms with E-state index in [1.54, 1.807) is 0 Å². The minimum Gasteiger partial charge on any atom is -0.489 e. The summed E-state index contributed by atoms with van der Waals surface area (Å²) < 4.78 is 6.08. The zero-order valence-electron chi connectivity index (χ0n) is 17.1. The minimum atomic E-state index is 0.0634. The van der Waals surface area contributed by atoms with Crippen molar-refractivity contribution >= 4 is 16.8 Å². The van der Waals surface area contributed by atoms with Crippen LogP contribution in [0.25, 0.3) is 10.9 Å². The zero-order valence-corrected chi connectivity index (χ0v) is 17.1. The molecule has 3 aromatic rings. The SMILES string of the molecule is Cc1ccc2c(c1)CN(CC(=O)N1CCc3c([nH]c4ccccc34)C1)CC(C)O2. The van der Waals surface area contributed by atoms with Gasteiger partial charge in [0, 0.05) is 41.8 Å². The number of ether oxygens (including phenoxy) is 1. The second-order valence-electron chi connectivity index (χ2n) is 8.40. The van der Waals surface area contributed by atoms with E-state index in [1.807, 2.05) is 4.90 Å². The van der Waals surface area contributed by atoms with Crippen LogP contribution in [0.5, 0.6) is 5.75 Å². The molecule has 0 aliphatic carbocycles. The molecule has 0 bridgehead atoms. The fourth-order valence-electron chi connectivity index (χ4n) is 4.69. The number of hydrogen-bond acceptors (Lipinski definition) is 3. The summed E-state index contributed by atoms with van der Waals surface area (Å²) in [5, 5.41) is 1.29. The molecule has 2 aromatic carbocycles. The first-order valence-corrected chi connectivity index (χ1v) is 10.4. The summed E-state index contributed by atoms with van der Waals surface area (Å²) in [5.74, 6) is 1.14. The lowest BCUT2D eigenvalue weighted by molar-refractivity contribution is -0.133. The molecule has 1 N–H and O–H groups in total. The Morgan fingerprint density at radius 1 is 1.21 bits per heavy atom. The summed E-state index contributed by atoms with van der Waals surface area (Å²) in [4.78, 5) is 20.8. The topological polar surface area (TPSA) is 48.6 Å². The van der Waals surface area contributed by atoms with Gasteiger partial charge in [0.1, 0.15) is 11.9 Å². The van der Waals surface area contributed by atoms with Gasteiger partial charge < -0.3 is 14.6 Å². The molecular weight excluding hydrogens is 362 g/mol. The maximum atomic E-state index is 13.1. The number of nitrogens with one attached hydrogen (secondary N) is 1. The van der Waals surface area contributed by atoms with E-state index in [4.69, 9.17) is 4.74 Å². The number of aromatic amines is 1. The molecule has 5 heteroatoms. The quantitative estimate of drug-likeness (QED) is 0.728. The number of carbonyl (C=O) groups excluding carboxylic acids is 1. The number of aryl methyl sites for hydroxylation is 1. The lowest BCUT2D eigenvalue weighted by Crippen LogP contribution is -2.44. The number of fused-ring (bicyclic) bond motifs is 4. The summed E-state index contributed by atoms with van der Waals surface area (Å²) >= 11 is 0. The number of rotatable bonds is 2. The van der Waals surface area contributed by atoms with Crippen LogP contribution in [0.15, 0.2) is 42.5 Å². The molecule has 5 rings (SSSR count). The van der Waals surface area contributed by atoms with E-state index in [0.717, 1.165) is 37.3 Å². The predicted molar refractivity (Wildman–Crippen MR) is 114 cm³/mol. The molecule has 2 aliphatic heterocycles. The second-order valence-corrected chi connectivity index (χ2v) is 8.40. The molecule has 0 saturated carbocycles. The molecular formula is C24H27N3O2. The molecule has 3 heterocycles. The third-order valence-electron chi connectivity index (χ3n) is 6.05. The average Bonchev–Trinajstić information content (AvgIpc) is 2.99. The number of amides is 1. The van der Waals surface area contributed by atoms with E-state index >= 15 is 0 Å². The van der Waals surface area contributed by atoms with Gasteiger partial charge in [0.2, 0.25) is 5.91 Å². The zero-order chi connectivity index (χ0) is 20.0. The highest BCUT2D eigenvalue weighted by atomic mass is 16.5. The molecule has 0 saturated heterocycles. The fourth-order valence-corrected chi connectivity index (χ4v) is 4.69. The number of carbonyl (C=O) groups is 1. The van der Waals surface area contributed by atoms with E-state index in [2.05, 4.69) is 66.2 Å². The highest BCUT2D eigenvalue weighted by Crippen LogP contribution is 2.28. The van der Waals surface area contributed by atoms with Crippen LogP contribution in [0, 0.1) is 6.92 Å². The van der Waals surface area contributed by atoms with Gasteiger partial charge in [-0.25, -0.2) is 0 Å². The Morgan fingerprint density at radius 2 is 2.07 bits per heavy atom. The third kappa shape index (κ3) is 3.51. The van der Waals surface area contributed by atoms with Crippen molar-refractivity contribution in [2.24, 2.45) is 0 Å². The maximum Gasteiger partial charge on any atom is 0.237 e. The normalized spacial score (nSPS) is 19.4. The summed E-state index contributed by atoms with van der Waals surface area (Å²) in [5.41, 5.74) is 6.09. The van der Waals surface area contributed by atoms with E-state index in [9.17, 15) is 4.79 Å². The molecule has 1 aromatic heterocycles. The van der Waals surface area contributed by atoms with E-state index in [-0.39, 0.29) is 12.0 Å². The first-order chi connectivity index (χ1) is 14.1. The number of para-hydroxylation sites is 1. The molecule has 2 aliphatic rings. The van der Waals surface area contributed by atoms with Crippen molar-refractivity contribution in [3.63, 3.8) is 0 Å². The van der Waals surface area contributed by atoms with Crippen LogP contribution < -0.4 is 4.74 Å². The monoisotopic (exact) mass is 389 g/mol. The van der Waals surface area contributed by atoms with Crippen molar-refractivity contribution in [2.45, 2.75) is 39.5 Å². The highest BCUT2D eigenvalue weighted by Gasteiger charge is 2.27. The number of aromatic nitrogens is 1. The average molecular weight is 389 g/mol. The van der Waals surface area contributed by atoms with Crippen LogP contribution in [-0.4, -0.2) is 46.4 Å². The highest BCUT2D eigenvalue weighted by molar-refractivity contribution is 5.86. The maximum absolute atomic E-state index is 13.1. The van der Waals surface area contributed by atoms with Crippen molar-refractivity contribution < 1.29 is 9.53 Å². The molecule has 1 unspecified atom stereocenters. The number of nitrogens with zero attached hydrogens (tertiary/aromatic N) is 2. The van der Waals surface area contributed by atoms with E-state index in [0.29, 0.717) is 13.1 Å². The van der Waals surface area contributed by atoms with Crippen LogP contribution in [0.4, 0.5) is 0 Å². The van der Waals surface area contributed by atoms with Crippen molar-refractivity contribution in [3.8, 4) is 5.75 Å². The van der Waals surface area contributed by atoms with Gasteiger partial charge in [0.05, 0.1) is 13.1 Å². The van der Waals surface area contributed by atoms with Crippen molar-refractivity contribution in [2.75, 3.05) is 19.6 Å². The Balaban J connectivity index is 1.31. The minimum absolute atomic E-state index is 0.0634. The largest absolute Gasteiger partial charge is 0.489 e. The lowest BCUT2D eigenvalue weighted by Gasteiger charge is -2.30. The van der Waals surface area contributed by atoms with Gasteiger partial charge in [-0.15, -0.1) is 0 Å². The fraction of sp³-hybridized carbons (Fsp3) is 0.375. The summed E-state index contributed by atoms with van der Waals surface area (Å²) in [6.07, 6.45) is 0.973. The number of hydrogen-bond donors (Lipinski definition) is 1. The van der Waals surface area contributed by atoms with Crippen LogP contribution >= 0.6 is 0 Å². The predicted octanol–water partition coefficient (Wildman–Crippen LogP) is 3.64. The Morgan fingerprint density at radius 3 is 2.97 bits per heavy atom. The van der Waals surface area contributed by atoms with Gasteiger partial charge in [-0.05, 0) is 38.0 Å². The summed E-state index contributed by atoms with van der Waals surface area (Å²) in [7, 11) is 0. The van der Waals surface area contributed by atoms with Gasteiger partial charge in [-0.2, -0.15) is 0 Å². The van der Waals surface area contributed by atoms with Crippen molar-refractivity contribution in [1.82, 2.24) is 14.8 Å². The van der Waals surface area contributed by atoms with E-state index < -0.39 is 0 Å². The van der Waals surface area contributed by atoms with Gasteiger partial charge >= 0.3 is 0 Å². The third-order valence-corrected chi connectivity index (χ3v) is 6.05. The summed E-state index contributed by atoms with van der Waals surface area (Å²) in [6.45, 7) is 7.54. The Labute approximate surface area is 171 Å². The van der Waals surface area contributed by atoms with Gasteiger partial charge in [0.15, 0.2) is 0 Å². The Bertz CT molecular complexity index is 1070. The smallest absolute Gasteiger partial charge is 0.237 e. The van der Waals surface area contributed by atoms with Crippen LogP contribution in [0.1, 0.15) is 29.3 Å². The number of H-pyrrole nitrogens is 1.